The van der Waals surface area contributed by atoms with Crippen LogP contribution >= 0.6 is 35.7 Å². The fraction of sp³-hybridized carbons (Fsp3) is 0.476. The fourth-order valence-electron chi connectivity index (χ4n) is 2.91. The number of nitrogens with one attached hydrogen (secondary N) is 2. The summed E-state index contributed by atoms with van der Waals surface area (Å²) in [5.41, 5.74) is 7.71. The minimum absolute atomic E-state index is 0. The first-order valence-corrected chi connectivity index (χ1v) is 11.5. The number of nitrogen functional groups attached to an aromatic ring is 1. The average Bonchev–Trinajstić information content (AvgIpc) is 3.06. The highest BCUT2D eigenvalue weighted by atomic mass is 127. The molecule has 0 bridgehead atoms. The Bertz CT molecular complexity index is 862. The molecule has 0 amide bonds. The van der Waals surface area contributed by atoms with Crippen molar-refractivity contribution in [1.29, 1.82) is 5.26 Å². The van der Waals surface area contributed by atoms with Crippen molar-refractivity contribution in [3.8, 4) is 11.8 Å². The molecule has 4 N–H and O–H groups in total. The molecule has 1 heterocycles. The Morgan fingerprint density at radius 3 is 2.65 bits per heavy atom. The van der Waals surface area contributed by atoms with Gasteiger partial charge >= 0.3 is 0 Å². The van der Waals surface area contributed by atoms with Crippen molar-refractivity contribution < 1.29 is 4.39 Å². The summed E-state index contributed by atoms with van der Waals surface area (Å²) in [5.74, 6) is 1.91. The van der Waals surface area contributed by atoms with Gasteiger partial charge in [-0.05, 0) is 68.9 Å². The third kappa shape index (κ3) is 8.57. The van der Waals surface area contributed by atoms with Gasteiger partial charge in [0.05, 0.1) is 11.4 Å². The third-order valence-corrected chi connectivity index (χ3v) is 5.13. The largest absolute Gasteiger partial charge is 0.382 e. The first kappa shape index (κ1) is 27.0. The number of hydrogen-bond acceptors (Lipinski definition) is 5. The molecule has 7 nitrogen and oxygen atoms in total. The van der Waals surface area contributed by atoms with Crippen LogP contribution in [0.4, 0.5) is 10.2 Å². The van der Waals surface area contributed by atoms with E-state index in [4.69, 9.17) is 5.73 Å². The highest BCUT2D eigenvalue weighted by Crippen LogP contribution is 2.21. The number of unbranched alkanes of at least 4 members (excludes halogenated alkanes) is 1. The average molecular weight is 559 g/mol. The fourth-order valence-corrected chi connectivity index (χ4v) is 3.40. The van der Waals surface area contributed by atoms with E-state index in [1.165, 1.54) is 29.0 Å². The molecule has 0 fully saturated rings. The molecule has 1 aromatic carbocycles. The van der Waals surface area contributed by atoms with Crippen LogP contribution < -0.4 is 16.4 Å². The van der Waals surface area contributed by atoms with E-state index in [9.17, 15) is 9.65 Å². The lowest BCUT2D eigenvalue weighted by molar-refractivity contribution is 0.627. The van der Waals surface area contributed by atoms with E-state index in [1.807, 2.05) is 18.7 Å². The molecule has 10 heteroatoms. The van der Waals surface area contributed by atoms with Gasteiger partial charge in [0.1, 0.15) is 23.3 Å². The van der Waals surface area contributed by atoms with Gasteiger partial charge in [-0.15, -0.1) is 24.0 Å². The van der Waals surface area contributed by atoms with Crippen molar-refractivity contribution in [3.05, 3.63) is 41.3 Å². The lowest BCUT2D eigenvalue weighted by Crippen LogP contribution is -2.37. The molecule has 170 valence electrons. The Labute approximate surface area is 205 Å². The number of hydrogen-bond donors (Lipinski definition) is 3. The number of anilines is 1. The number of aliphatic imine (C=N–C) groups is 1. The van der Waals surface area contributed by atoms with Crippen LogP contribution in [-0.2, 0) is 6.42 Å². The third-order valence-electron chi connectivity index (χ3n) is 4.43. The number of halogens is 2. The molecule has 0 radical (unpaired) electrons. The number of nitriles is 1. The van der Waals surface area contributed by atoms with Crippen LogP contribution in [0.5, 0.6) is 0 Å². The first-order valence-electron chi connectivity index (χ1n) is 10.1. The Balaban J connectivity index is 0.00000480. The van der Waals surface area contributed by atoms with Crippen molar-refractivity contribution in [2.24, 2.45) is 4.99 Å². The Morgan fingerprint density at radius 1 is 1.26 bits per heavy atom. The Kier molecular flexibility index (Phi) is 13.0. The normalized spacial score (nSPS) is 11.0. The number of benzene rings is 1. The molecule has 0 spiro atoms. The Morgan fingerprint density at radius 2 is 2.00 bits per heavy atom. The monoisotopic (exact) mass is 559 g/mol. The lowest BCUT2D eigenvalue weighted by atomic mass is 10.1. The van der Waals surface area contributed by atoms with E-state index in [0.717, 1.165) is 31.9 Å². The summed E-state index contributed by atoms with van der Waals surface area (Å²) >= 11 is 1.86. The molecule has 0 aliphatic carbocycles. The second kappa shape index (κ2) is 14.9. The Hall–Kier alpha value is -2.00. The van der Waals surface area contributed by atoms with Gasteiger partial charge in [-0.1, -0.05) is 0 Å². The van der Waals surface area contributed by atoms with Crippen LogP contribution in [0.1, 0.15) is 37.4 Å². The van der Waals surface area contributed by atoms with E-state index >= 15 is 0 Å². The maximum Gasteiger partial charge on any atom is 0.191 e. The summed E-state index contributed by atoms with van der Waals surface area (Å²) < 4.78 is 14.7. The van der Waals surface area contributed by atoms with Gasteiger partial charge in [0, 0.05) is 19.6 Å². The van der Waals surface area contributed by atoms with Gasteiger partial charge in [0.2, 0.25) is 0 Å². The predicted molar refractivity (Wildman–Crippen MR) is 138 cm³/mol. The molecule has 0 saturated heterocycles. The molecule has 31 heavy (non-hydrogen) atoms. The molecule has 0 aliphatic rings. The number of nitrogens with two attached hydrogens (primary N) is 1. The quantitative estimate of drug-likeness (QED) is 0.168. The van der Waals surface area contributed by atoms with E-state index in [0.29, 0.717) is 29.9 Å². The van der Waals surface area contributed by atoms with Crippen molar-refractivity contribution in [2.75, 3.05) is 37.4 Å². The summed E-state index contributed by atoms with van der Waals surface area (Å²) in [6, 6.07) is 7.99. The van der Waals surface area contributed by atoms with E-state index in [2.05, 4.69) is 33.0 Å². The number of guanidine groups is 1. The summed E-state index contributed by atoms with van der Waals surface area (Å²) in [6.45, 7) is 4.33. The molecule has 0 aliphatic heterocycles. The van der Waals surface area contributed by atoms with Gasteiger partial charge < -0.3 is 16.4 Å². The molecule has 1 aromatic heterocycles. The highest BCUT2D eigenvalue weighted by Gasteiger charge is 2.16. The van der Waals surface area contributed by atoms with Crippen LogP contribution in [0.2, 0.25) is 0 Å². The van der Waals surface area contributed by atoms with Crippen molar-refractivity contribution in [2.45, 2.75) is 32.6 Å². The zero-order valence-corrected chi connectivity index (χ0v) is 21.2. The van der Waals surface area contributed by atoms with E-state index in [-0.39, 0.29) is 35.6 Å². The molecule has 0 unspecified atom stereocenters. The van der Waals surface area contributed by atoms with Gasteiger partial charge in [0.25, 0.3) is 0 Å². The summed E-state index contributed by atoms with van der Waals surface area (Å²) in [5, 5.41) is 20.6. The number of rotatable bonds is 11. The maximum absolute atomic E-state index is 13.2. The van der Waals surface area contributed by atoms with Crippen molar-refractivity contribution in [1.82, 2.24) is 20.4 Å². The SMILES string of the molecule is CCNC(=NCCCc1nn(-c2ccc(F)cc2)c(N)c1C#N)NCCCCSC.I. The number of aromatic nitrogens is 2. The zero-order chi connectivity index (χ0) is 21.8. The minimum Gasteiger partial charge on any atom is -0.382 e. The van der Waals surface area contributed by atoms with E-state index in [1.54, 1.807) is 12.1 Å². The van der Waals surface area contributed by atoms with Crippen LogP contribution in [0, 0.1) is 17.1 Å². The van der Waals surface area contributed by atoms with Crippen molar-refractivity contribution in [3.63, 3.8) is 0 Å². The molecule has 2 aromatic rings. The first-order chi connectivity index (χ1) is 14.6. The molecule has 2 rings (SSSR count). The standard InChI is InChI=1S/C21H30FN7S.HI/c1-3-25-21(26-12-4-5-14-30-2)27-13-6-7-19-18(15-23)20(24)29(28-19)17-10-8-16(22)9-11-17;/h8-11H,3-7,12-14,24H2,1-2H3,(H2,25,26,27);1H. The second-order valence-electron chi connectivity index (χ2n) is 6.70. The van der Waals surface area contributed by atoms with Crippen LogP contribution in [0.25, 0.3) is 5.69 Å². The van der Waals surface area contributed by atoms with E-state index < -0.39 is 0 Å². The van der Waals surface area contributed by atoms with Gasteiger partial charge in [0.15, 0.2) is 5.96 Å². The highest BCUT2D eigenvalue weighted by molar-refractivity contribution is 14.0. The molecule has 0 saturated carbocycles. The molecular formula is C21H31FIN7S. The summed E-state index contributed by atoms with van der Waals surface area (Å²) in [4.78, 5) is 4.60. The zero-order valence-electron chi connectivity index (χ0n) is 18.0. The summed E-state index contributed by atoms with van der Waals surface area (Å²) in [6.07, 6.45) is 5.72. The van der Waals surface area contributed by atoms with Crippen LogP contribution in [0.3, 0.4) is 0 Å². The maximum atomic E-state index is 13.2. The number of nitrogens with zero attached hydrogens (tertiary/aromatic N) is 4. The van der Waals surface area contributed by atoms with Crippen LogP contribution in [-0.4, -0.2) is 47.4 Å². The van der Waals surface area contributed by atoms with Gasteiger partial charge in [-0.25, -0.2) is 9.07 Å². The smallest absolute Gasteiger partial charge is 0.191 e. The van der Waals surface area contributed by atoms with Gasteiger partial charge in [-0.2, -0.15) is 22.1 Å². The molecule has 0 atom stereocenters. The number of thioether (sulfide) groups is 1. The second-order valence-corrected chi connectivity index (χ2v) is 7.68. The topological polar surface area (TPSA) is 104 Å². The summed E-state index contributed by atoms with van der Waals surface area (Å²) in [7, 11) is 0. The van der Waals surface area contributed by atoms with Gasteiger partial charge in [-0.3, -0.25) is 4.99 Å². The molecular weight excluding hydrogens is 528 g/mol. The predicted octanol–water partition coefficient (Wildman–Crippen LogP) is 3.71. The van der Waals surface area contributed by atoms with Crippen LogP contribution in [0.15, 0.2) is 29.3 Å². The lowest BCUT2D eigenvalue weighted by Gasteiger charge is -2.11. The minimum atomic E-state index is -0.336. The van der Waals surface area contributed by atoms with Crippen molar-refractivity contribution >= 4 is 47.5 Å². The number of aryl methyl sites for hydroxylation is 1.